The van der Waals surface area contributed by atoms with Crippen LogP contribution in [0.15, 0.2) is 94.8 Å². The number of halogens is 1. The molecular formula is C28H21BrN4O2. The highest BCUT2D eigenvalue weighted by atomic mass is 79.9. The van der Waals surface area contributed by atoms with Gasteiger partial charge in [0.05, 0.1) is 28.0 Å². The Morgan fingerprint density at radius 3 is 2.43 bits per heavy atom. The Hall–Kier alpha value is -3.97. The lowest BCUT2D eigenvalue weighted by Gasteiger charge is -2.32. The summed E-state index contributed by atoms with van der Waals surface area (Å²) in [5.74, 6) is 0.642. The average Bonchev–Trinajstić information content (AvgIpc) is 2.89. The van der Waals surface area contributed by atoms with Crippen molar-refractivity contribution in [3.8, 4) is 11.4 Å². The number of benzene rings is 2. The Morgan fingerprint density at radius 1 is 0.914 bits per heavy atom. The fourth-order valence-corrected chi connectivity index (χ4v) is 4.95. The molecule has 172 valence electrons. The van der Waals surface area contributed by atoms with Crippen molar-refractivity contribution in [1.82, 2.24) is 14.5 Å². The number of nitrogens with zero attached hydrogens (tertiary/aromatic N) is 4. The summed E-state index contributed by atoms with van der Waals surface area (Å²) in [6, 6.07) is 17.8. The third kappa shape index (κ3) is 3.88. The Balaban J connectivity index is 1.55. The molecule has 0 unspecified atom stereocenters. The average molecular weight is 525 g/mol. The van der Waals surface area contributed by atoms with Crippen molar-refractivity contribution < 1.29 is 4.74 Å². The number of hydrogen-bond acceptors (Lipinski definition) is 5. The van der Waals surface area contributed by atoms with Crippen LogP contribution in [0.2, 0.25) is 0 Å². The minimum absolute atomic E-state index is 0.00198. The van der Waals surface area contributed by atoms with Crippen LogP contribution in [-0.4, -0.2) is 21.6 Å². The zero-order chi connectivity index (χ0) is 23.9. The normalized spacial score (nSPS) is 12.0. The maximum absolute atomic E-state index is 13.8. The number of anilines is 2. The van der Waals surface area contributed by atoms with Gasteiger partial charge in [0.25, 0.3) is 0 Å². The van der Waals surface area contributed by atoms with E-state index < -0.39 is 0 Å². The summed E-state index contributed by atoms with van der Waals surface area (Å²) >= 11 is 3.61. The van der Waals surface area contributed by atoms with Crippen molar-refractivity contribution in [1.29, 1.82) is 0 Å². The molecule has 6 nitrogen and oxygen atoms in total. The molecule has 6 rings (SSSR count). The van der Waals surface area contributed by atoms with Gasteiger partial charge >= 0.3 is 0 Å². The summed E-state index contributed by atoms with van der Waals surface area (Å²) in [5, 5.41) is 0.630. The Kier molecular flexibility index (Phi) is 5.34. The summed E-state index contributed by atoms with van der Waals surface area (Å²) in [4.78, 5) is 24.2. The second-order valence-electron chi connectivity index (χ2n) is 8.57. The van der Waals surface area contributed by atoms with Crippen LogP contribution in [-0.2, 0) is 13.0 Å². The minimum atomic E-state index is 0.00198. The van der Waals surface area contributed by atoms with E-state index in [0.29, 0.717) is 29.7 Å². The van der Waals surface area contributed by atoms with Crippen LogP contribution < -0.4 is 15.1 Å². The van der Waals surface area contributed by atoms with Crippen LogP contribution in [0, 0.1) is 0 Å². The lowest BCUT2D eigenvalue weighted by atomic mass is 10.0. The molecule has 0 amide bonds. The molecule has 3 aromatic heterocycles. The predicted molar refractivity (Wildman–Crippen MR) is 141 cm³/mol. The summed E-state index contributed by atoms with van der Waals surface area (Å²) in [6.07, 6.45) is 9.53. The summed E-state index contributed by atoms with van der Waals surface area (Å²) < 4.78 is 9.26. The van der Waals surface area contributed by atoms with Gasteiger partial charge in [0.1, 0.15) is 12.4 Å². The number of pyridine rings is 3. The molecule has 2 aromatic carbocycles. The van der Waals surface area contributed by atoms with Crippen LogP contribution in [0.25, 0.3) is 16.6 Å². The van der Waals surface area contributed by atoms with Gasteiger partial charge in [0.15, 0.2) is 5.43 Å². The molecule has 0 saturated heterocycles. The van der Waals surface area contributed by atoms with Crippen molar-refractivity contribution in [2.75, 3.05) is 11.9 Å². The van der Waals surface area contributed by atoms with E-state index in [1.165, 1.54) is 0 Å². The van der Waals surface area contributed by atoms with E-state index in [1.54, 1.807) is 24.8 Å². The van der Waals surface area contributed by atoms with E-state index in [0.717, 1.165) is 38.2 Å². The van der Waals surface area contributed by atoms with E-state index in [2.05, 4.69) is 47.5 Å². The maximum Gasteiger partial charge on any atom is 0.193 e. The standard InChI is InChI=1S/C28H21BrN4O2/c1-32-25-11-21(29)6-7-24(25)33-16-20(10-18-4-2-8-30-14-18)28(34)23-12-22(13-26(32)27(23)33)35-17-19-5-3-9-31-15-19/h2-9,11-16H,10,17H2,1H3. The van der Waals surface area contributed by atoms with E-state index in [1.807, 2.05) is 55.7 Å². The molecule has 0 radical (unpaired) electrons. The lowest BCUT2D eigenvalue weighted by Crippen LogP contribution is -2.23. The molecule has 35 heavy (non-hydrogen) atoms. The molecule has 0 bridgehead atoms. The monoisotopic (exact) mass is 524 g/mol. The Labute approximate surface area is 210 Å². The Morgan fingerprint density at radius 2 is 1.69 bits per heavy atom. The fourth-order valence-electron chi connectivity index (χ4n) is 4.60. The molecule has 0 N–H and O–H groups in total. The molecule has 0 spiro atoms. The van der Waals surface area contributed by atoms with Crippen LogP contribution in [0.1, 0.15) is 16.7 Å². The van der Waals surface area contributed by atoms with Gasteiger partial charge in [-0.05, 0) is 42.0 Å². The highest BCUT2D eigenvalue weighted by Gasteiger charge is 2.25. The minimum Gasteiger partial charge on any atom is -0.489 e. The van der Waals surface area contributed by atoms with Crippen LogP contribution >= 0.6 is 15.9 Å². The first-order chi connectivity index (χ1) is 17.1. The Bertz CT molecular complexity index is 1620. The largest absolute Gasteiger partial charge is 0.489 e. The van der Waals surface area contributed by atoms with Gasteiger partial charge in [-0.25, -0.2) is 0 Å². The number of rotatable bonds is 5. The topological polar surface area (TPSA) is 60.2 Å². The second-order valence-corrected chi connectivity index (χ2v) is 9.49. The smallest absolute Gasteiger partial charge is 0.193 e. The highest BCUT2D eigenvalue weighted by molar-refractivity contribution is 9.10. The maximum atomic E-state index is 13.8. The fraction of sp³-hybridized carbons (Fsp3) is 0.107. The van der Waals surface area contributed by atoms with Gasteiger partial charge in [-0.3, -0.25) is 14.8 Å². The van der Waals surface area contributed by atoms with Gasteiger partial charge in [-0.15, -0.1) is 0 Å². The van der Waals surface area contributed by atoms with E-state index in [4.69, 9.17) is 4.74 Å². The van der Waals surface area contributed by atoms with Crippen LogP contribution in [0.4, 0.5) is 11.4 Å². The van der Waals surface area contributed by atoms with Gasteiger partial charge in [0.2, 0.25) is 0 Å². The second kappa shape index (κ2) is 8.67. The van der Waals surface area contributed by atoms with Gasteiger partial charge in [0, 0.05) is 66.1 Å². The SMILES string of the molecule is CN1c2cc(Br)ccc2-n2cc(Cc3cccnc3)c(=O)c3cc(OCc4cccnc4)cc1c32. The van der Waals surface area contributed by atoms with Crippen LogP contribution in [0.5, 0.6) is 5.75 Å². The van der Waals surface area contributed by atoms with E-state index >= 15 is 0 Å². The van der Waals surface area contributed by atoms with Gasteiger partial charge in [-0.2, -0.15) is 0 Å². The van der Waals surface area contributed by atoms with Crippen molar-refractivity contribution >= 4 is 38.2 Å². The molecule has 5 aromatic rings. The first-order valence-corrected chi connectivity index (χ1v) is 12.0. The number of ether oxygens (including phenoxy) is 1. The van der Waals surface area contributed by atoms with Crippen molar-refractivity contribution in [3.05, 3.63) is 117 Å². The molecule has 0 fully saturated rings. The third-order valence-corrected chi connectivity index (χ3v) is 6.78. The molecule has 1 aliphatic heterocycles. The van der Waals surface area contributed by atoms with E-state index in [-0.39, 0.29) is 5.43 Å². The van der Waals surface area contributed by atoms with Gasteiger partial charge < -0.3 is 14.2 Å². The molecule has 7 heteroatoms. The number of hydrogen-bond donors (Lipinski definition) is 0. The number of fused-ring (bicyclic) bond motifs is 2. The lowest BCUT2D eigenvalue weighted by molar-refractivity contribution is 0.306. The molecule has 0 saturated carbocycles. The van der Waals surface area contributed by atoms with Crippen molar-refractivity contribution in [2.24, 2.45) is 0 Å². The van der Waals surface area contributed by atoms with Crippen molar-refractivity contribution in [3.63, 3.8) is 0 Å². The quantitative estimate of drug-likeness (QED) is 0.291. The first-order valence-electron chi connectivity index (χ1n) is 11.2. The first kappa shape index (κ1) is 21.6. The summed E-state index contributed by atoms with van der Waals surface area (Å²) in [7, 11) is 2.02. The number of aromatic nitrogens is 3. The molecule has 4 heterocycles. The van der Waals surface area contributed by atoms with Gasteiger partial charge in [-0.1, -0.05) is 28.1 Å². The predicted octanol–water partition coefficient (Wildman–Crippen LogP) is 5.79. The van der Waals surface area contributed by atoms with Crippen LogP contribution in [0.3, 0.4) is 0 Å². The summed E-state index contributed by atoms with van der Waals surface area (Å²) in [5.41, 5.74) is 6.51. The molecule has 1 aliphatic rings. The summed E-state index contributed by atoms with van der Waals surface area (Å²) in [6.45, 7) is 0.369. The zero-order valence-corrected chi connectivity index (χ0v) is 20.6. The molecule has 0 aliphatic carbocycles. The molecule has 0 atom stereocenters. The zero-order valence-electron chi connectivity index (χ0n) is 19.0. The van der Waals surface area contributed by atoms with Crippen molar-refractivity contribution in [2.45, 2.75) is 13.0 Å². The third-order valence-electron chi connectivity index (χ3n) is 6.29. The van der Waals surface area contributed by atoms with E-state index in [9.17, 15) is 4.79 Å². The highest BCUT2D eigenvalue weighted by Crippen LogP contribution is 2.43. The molecular weight excluding hydrogens is 504 g/mol.